The first kappa shape index (κ1) is 24.7. The third-order valence-electron chi connectivity index (χ3n) is 6.62. The maximum Gasteiger partial charge on any atom is 0.143 e. The Labute approximate surface area is 223 Å². The molecule has 0 fully saturated rings. The number of allylic oxidation sites excluding steroid dienone is 3. The predicted octanol–water partition coefficient (Wildman–Crippen LogP) is 9.04. The third-order valence-corrected chi connectivity index (χ3v) is 6.62. The van der Waals surface area contributed by atoms with Crippen LogP contribution in [0.4, 0.5) is 0 Å². The van der Waals surface area contributed by atoms with E-state index in [0.717, 1.165) is 44.0 Å². The highest BCUT2D eigenvalue weighted by atomic mass is 16.3. The zero-order valence-electron chi connectivity index (χ0n) is 21.4. The molecule has 0 atom stereocenters. The van der Waals surface area contributed by atoms with Gasteiger partial charge in [-0.1, -0.05) is 110 Å². The Morgan fingerprint density at radius 3 is 2.08 bits per heavy atom. The molecular formula is C35H30N2O. The van der Waals surface area contributed by atoms with Gasteiger partial charge < -0.3 is 15.9 Å². The lowest BCUT2D eigenvalue weighted by molar-refractivity contribution is 0.672. The van der Waals surface area contributed by atoms with Crippen molar-refractivity contribution in [2.75, 3.05) is 0 Å². The SMILES string of the molecule is C=C/C=C\C.N/C=C(\N)c1cccc(-c2ccc(-c3cc4c5ccccc5oc4c4ccccc34)cc2)c1. The van der Waals surface area contributed by atoms with Crippen LogP contribution in [0.15, 0.2) is 139 Å². The van der Waals surface area contributed by atoms with Gasteiger partial charge >= 0.3 is 0 Å². The summed E-state index contributed by atoms with van der Waals surface area (Å²) in [6.45, 7) is 5.42. The third kappa shape index (κ3) is 4.70. The Morgan fingerprint density at radius 2 is 1.39 bits per heavy atom. The summed E-state index contributed by atoms with van der Waals surface area (Å²) in [5, 5.41) is 4.58. The summed E-state index contributed by atoms with van der Waals surface area (Å²) in [6, 6.07) is 35.7. The van der Waals surface area contributed by atoms with Crippen LogP contribution in [-0.2, 0) is 0 Å². The van der Waals surface area contributed by atoms with E-state index >= 15 is 0 Å². The molecule has 0 saturated carbocycles. The van der Waals surface area contributed by atoms with Crippen LogP contribution in [0.3, 0.4) is 0 Å². The van der Waals surface area contributed by atoms with Crippen LogP contribution in [0.5, 0.6) is 0 Å². The van der Waals surface area contributed by atoms with Gasteiger partial charge in [-0.25, -0.2) is 0 Å². The Bertz CT molecular complexity index is 1800. The first-order valence-electron chi connectivity index (χ1n) is 12.6. The van der Waals surface area contributed by atoms with Crippen molar-refractivity contribution in [2.45, 2.75) is 6.92 Å². The van der Waals surface area contributed by atoms with Gasteiger partial charge in [0.05, 0.1) is 5.70 Å². The molecule has 0 aliphatic carbocycles. The van der Waals surface area contributed by atoms with Crippen molar-refractivity contribution in [1.82, 2.24) is 0 Å². The molecule has 1 heterocycles. The molecule has 6 aromatic rings. The molecule has 4 N–H and O–H groups in total. The number of benzene rings is 5. The summed E-state index contributed by atoms with van der Waals surface area (Å²) in [7, 11) is 0. The normalized spacial score (nSPS) is 11.7. The number of fused-ring (bicyclic) bond motifs is 5. The highest BCUT2D eigenvalue weighted by molar-refractivity contribution is 6.19. The summed E-state index contributed by atoms with van der Waals surface area (Å²) in [4.78, 5) is 0. The quantitative estimate of drug-likeness (QED) is 0.240. The molecule has 0 bridgehead atoms. The predicted molar refractivity (Wildman–Crippen MR) is 163 cm³/mol. The summed E-state index contributed by atoms with van der Waals surface area (Å²) in [5.41, 5.74) is 19.5. The highest BCUT2D eigenvalue weighted by Crippen LogP contribution is 2.40. The number of furan rings is 1. The fourth-order valence-corrected chi connectivity index (χ4v) is 4.74. The van der Waals surface area contributed by atoms with Crippen molar-refractivity contribution in [1.29, 1.82) is 0 Å². The van der Waals surface area contributed by atoms with Gasteiger partial charge in [0.15, 0.2) is 0 Å². The van der Waals surface area contributed by atoms with E-state index in [0.29, 0.717) is 5.70 Å². The standard InChI is InChI=1S/C30H22N2O.C5H8/c31-18-28(32)22-7-5-6-21(16-22)19-12-14-20(15-13-19)26-17-27-24-9-3-4-11-29(24)33-30(27)25-10-2-1-8-23(25)26;1-3-5-4-2/h1-18H,31-32H2;3-5H,1H2,2H3/b28-18-;5-4-. The van der Waals surface area contributed by atoms with Crippen LogP contribution in [-0.4, -0.2) is 0 Å². The van der Waals surface area contributed by atoms with Crippen molar-refractivity contribution in [3.8, 4) is 22.3 Å². The fourth-order valence-electron chi connectivity index (χ4n) is 4.74. The van der Waals surface area contributed by atoms with Crippen molar-refractivity contribution < 1.29 is 4.42 Å². The van der Waals surface area contributed by atoms with Crippen LogP contribution in [0.2, 0.25) is 0 Å². The fraction of sp³-hybridized carbons (Fsp3) is 0.0286. The molecule has 38 heavy (non-hydrogen) atoms. The molecule has 3 nitrogen and oxygen atoms in total. The van der Waals surface area contributed by atoms with Crippen LogP contribution in [0.25, 0.3) is 60.7 Å². The van der Waals surface area contributed by atoms with Gasteiger partial charge in [0.1, 0.15) is 11.2 Å². The molecule has 0 amide bonds. The van der Waals surface area contributed by atoms with E-state index < -0.39 is 0 Å². The Kier molecular flexibility index (Phi) is 7.10. The van der Waals surface area contributed by atoms with Crippen molar-refractivity contribution in [3.05, 3.63) is 140 Å². The number of nitrogens with two attached hydrogens (primary N) is 2. The van der Waals surface area contributed by atoms with Crippen molar-refractivity contribution in [3.63, 3.8) is 0 Å². The van der Waals surface area contributed by atoms with Gasteiger partial charge in [-0.2, -0.15) is 0 Å². The van der Waals surface area contributed by atoms with E-state index in [1.165, 1.54) is 22.7 Å². The second-order valence-electron chi connectivity index (χ2n) is 8.99. The number of hydrogen-bond acceptors (Lipinski definition) is 3. The van der Waals surface area contributed by atoms with Crippen LogP contribution in [0.1, 0.15) is 12.5 Å². The average Bonchev–Trinajstić information content (AvgIpc) is 3.36. The molecule has 1 aromatic heterocycles. The molecule has 0 saturated heterocycles. The number of para-hydroxylation sites is 1. The lowest BCUT2D eigenvalue weighted by Gasteiger charge is -2.10. The summed E-state index contributed by atoms with van der Waals surface area (Å²) in [6.07, 6.45) is 7.01. The van der Waals surface area contributed by atoms with E-state index in [-0.39, 0.29) is 0 Å². The lowest BCUT2D eigenvalue weighted by Crippen LogP contribution is -1.99. The molecular weight excluding hydrogens is 464 g/mol. The molecule has 5 aromatic carbocycles. The van der Waals surface area contributed by atoms with Crippen LogP contribution >= 0.6 is 0 Å². The van der Waals surface area contributed by atoms with Crippen molar-refractivity contribution >= 4 is 38.4 Å². The highest BCUT2D eigenvalue weighted by Gasteiger charge is 2.14. The van der Waals surface area contributed by atoms with E-state index in [4.69, 9.17) is 15.9 Å². The van der Waals surface area contributed by atoms with Gasteiger partial charge in [-0.05, 0) is 58.3 Å². The summed E-state index contributed by atoms with van der Waals surface area (Å²) >= 11 is 0. The van der Waals surface area contributed by atoms with E-state index in [9.17, 15) is 0 Å². The minimum absolute atomic E-state index is 0.570. The van der Waals surface area contributed by atoms with Crippen LogP contribution in [0, 0.1) is 0 Å². The van der Waals surface area contributed by atoms with Crippen molar-refractivity contribution in [2.24, 2.45) is 11.5 Å². The first-order chi connectivity index (χ1) is 18.6. The molecule has 3 heteroatoms. The topological polar surface area (TPSA) is 65.2 Å². The van der Waals surface area contributed by atoms with Gasteiger partial charge in [0, 0.05) is 22.4 Å². The minimum Gasteiger partial charge on any atom is -0.455 e. The molecule has 0 aliphatic heterocycles. The van der Waals surface area contributed by atoms with Gasteiger partial charge in [0.2, 0.25) is 0 Å². The molecule has 6 rings (SSSR count). The Hall–Kier alpha value is -5.02. The Balaban J connectivity index is 0.000000540. The molecule has 0 spiro atoms. The average molecular weight is 495 g/mol. The lowest BCUT2D eigenvalue weighted by atomic mass is 9.94. The maximum absolute atomic E-state index is 6.25. The smallest absolute Gasteiger partial charge is 0.143 e. The minimum atomic E-state index is 0.570. The van der Waals surface area contributed by atoms with Gasteiger partial charge in [-0.3, -0.25) is 0 Å². The number of hydrogen-bond donors (Lipinski definition) is 2. The summed E-state index contributed by atoms with van der Waals surface area (Å²) < 4.78 is 6.25. The summed E-state index contributed by atoms with van der Waals surface area (Å²) in [5.74, 6) is 0. The molecule has 0 aliphatic rings. The molecule has 0 radical (unpaired) electrons. The first-order valence-corrected chi connectivity index (χ1v) is 12.6. The van der Waals surface area contributed by atoms with E-state index in [1.54, 1.807) is 6.08 Å². The monoisotopic (exact) mass is 494 g/mol. The van der Waals surface area contributed by atoms with Gasteiger partial charge in [-0.15, -0.1) is 0 Å². The molecule has 0 unspecified atom stereocenters. The van der Waals surface area contributed by atoms with E-state index in [1.807, 2.05) is 43.3 Å². The zero-order chi connectivity index (χ0) is 26.5. The largest absolute Gasteiger partial charge is 0.455 e. The second-order valence-corrected chi connectivity index (χ2v) is 8.99. The van der Waals surface area contributed by atoms with E-state index in [2.05, 4.69) is 85.4 Å². The maximum atomic E-state index is 6.25. The van der Waals surface area contributed by atoms with Crippen LogP contribution < -0.4 is 11.5 Å². The number of rotatable bonds is 4. The zero-order valence-corrected chi connectivity index (χ0v) is 21.4. The molecule has 186 valence electrons. The van der Waals surface area contributed by atoms with Gasteiger partial charge in [0.25, 0.3) is 0 Å². The Morgan fingerprint density at radius 1 is 0.711 bits per heavy atom. The second kappa shape index (κ2) is 10.9.